The molecule has 1 aliphatic rings. The van der Waals surface area contributed by atoms with E-state index in [4.69, 9.17) is 9.47 Å². The first-order valence-corrected chi connectivity index (χ1v) is 7.52. The van der Waals surface area contributed by atoms with Crippen molar-refractivity contribution in [2.24, 2.45) is 0 Å². The van der Waals surface area contributed by atoms with Crippen LogP contribution in [-0.2, 0) is 6.42 Å². The highest BCUT2D eigenvalue weighted by Gasteiger charge is 2.18. The standard InChI is InChI=1S/C19H19NO2/c1-13-3-4-14(2)16(9-13)10-17(12-20)15-5-6-18-19(11-15)22-8-7-21-18/h3-6,9,11,17H,7-8,10H2,1-2H3. The molecule has 22 heavy (non-hydrogen) atoms. The SMILES string of the molecule is Cc1ccc(C)c(CC(C#N)c2ccc3c(c2)OCCO3)c1. The highest BCUT2D eigenvalue weighted by Crippen LogP contribution is 2.34. The molecule has 0 saturated heterocycles. The van der Waals surface area contributed by atoms with E-state index >= 15 is 0 Å². The maximum atomic E-state index is 9.58. The minimum Gasteiger partial charge on any atom is -0.486 e. The van der Waals surface area contributed by atoms with E-state index in [2.05, 4.69) is 38.1 Å². The fourth-order valence-electron chi connectivity index (χ4n) is 2.75. The number of nitrogens with zero attached hydrogens (tertiary/aromatic N) is 1. The van der Waals surface area contributed by atoms with E-state index < -0.39 is 0 Å². The Morgan fingerprint density at radius 2 is 1.82 bits per heavy atom. The van der Waals surface area contributed by atoms with Crippen LogP contribution in [0.4, 0.5) is 0 Å². The lowest BCUT2D eigenvalue weighted by molar-refractivity contribution is 0.171. The Labute approximate surface area is 131 Å². The van der Waals surface area contributed by atoms with Gasteiger partial charge in [-0.1, -0.05) is 29.8 Å². The van der Waals surface area contributed by atoms with Crippen molar-refractivity contribution in [3.63, 3.8) is 0 Å². The summed E-state index contributed by atoms with van der Waals surface area (Å²) in [5.74, 6) is 1.32. The molecule has 3 heteroatoms. The van der Waals surface area contributed by atoms with Crippen molar-refractivity contribution in [1.82, 2.24) is 0 Å². The van der Waals surface area contributed by atoms with Gasteiger partial charge in [0.25, 0.3) is 0 Å². The van der Waals surface area contributed by atoms with Crippen LogP contribution in [0.5, 0.6) is 11.5 Å². The Bertz CT molecular complexity index is 731. The molecule has 0 saturated carbocycles. The second-order valence-corrected chi connectivity index (χ2v) is 5.72. The number of hydrogen-bond donors (Lipinski definition) is 0. The molecule has 1 aliphatic heterocycles. The van der Waals surface area contributed by atoms with E-state index in [1.807, 2.05) is 18.2 Å². The molecule has 1 heterocycles. The quantitative estimate of drug-likeness (QED) is 0.861. The van der Waals surface area contributed by atoms with Gasteiger partial charge in [0.05, 0.1) is 12.0 Å². The Kier molecular flexibility index (Phi) is 4.02. The molecule has 0 spiro atoms. The van der Waals surface area contributed by atoms with Crippen molar-refractivity contribution >= 4 is 0 Å². The fourth-order valence-corrected chi connectivity index (χ4v) is 2.75. The van der Waals surface area contributed by atoms with Crippen LogP contribution in [0.3, 0.4) is 0 Å². The largest absolute Gasteiger partial charge is 0.486 e. The molecular weight excluding hydrogens is 274 g/mol. The number of rotatable bonds is 3. The Morgan fingerprint density at radius 1 is 1.05 bits per heavy atom. The molecule has 0 fully saturated rings. The highest BCUT2D eigenvalue weighted by molar-refractivity contribution is 5.46. The van der Waals surface area contributed by atoms with Crippen LogP contribution in [0.25, 0.3) is 0 Å². The summed E-state index contributed by atoms with van der Waals surface area (Å²) in [6.45, 7) is 5.31. The summed E-state index contributed by atoms with van der Waals surface area (Å²) in [6, 6.07) is 14.6. The second kappa shape index (κ2) is 6.11. The highest BCUT2D eigenvalue weighted by atomic mass is 16.6. The third-order valence-corrected chi connectivity index (χ3v) is 4.05. The minimum atomic E-state index is -0.184. The van der Waals surface area contributed by atoms with Crippen molar-refractivity contribution in [2.75, 3.05) is 13.2 Å². The summed E-state index contributed by atoms with van der Waals surface area (Å²) in [7, 11) is 0. The number of benzene rings is 2. The molecular formula is C19H19NO2. The average molecular weight is 293 g/mol. The van der Waals surface area contributed by atoms with Gasteiger partial charge in [-0.05, 0) is 49.1 Å². The summed E-state index contributed by atoms with van der Waals surface area (Å²) in [4.78, 5) is 0. The average Bonchev–Trinajstić information content (AvgIpc) is 2.55. The molecule has 3 rings (SSSR count). The Hall–Kier alpha value is -2.47. The maximum absolute atomic E-state index is 9.58. The zero-order valence-electron chi connectivity index (χ0n) is 12.9. The number of aryl methyl sites for hydroxylation is 2. The lowest BCUT2D eigenvalue weighted by Crippen LogP contribution is -2.15. The van der Waals surface area contributed by atoms with Gasteiger partial charge in [-0.2, -0.15) is 5.26 Å². The molecule has 0 bridgehead atoms. The van der Waals surface area contributed by atoms with Crippen molar-refractivity contribution in [3.05, 3.63) is 58.7 Å². The van der Waals surface area contributed by atoms with Gasteiger partial charge in [-0.25, -0.2) is 0 Å². The lowest BCUT2D eigenvalue weighted by atomic mass is 9.90. The van der Waals surface area contributed by atoms with E-state index in [1.165, 1.54) is 16.7 Å². The number of fused-ring (bicyclic) bond motifs is 1. The van der Waals surface area contributed by atoms with E-state index in [0.29, 0.717) is 19.6 Å². The Morgan fingerprint density at radius 3 is 2.59 bits per heavy atom. The molecule has 0 aliphatic carbocycles. The molecule has 3 nitrogen and oxygen atoms in total. The molecule has 0 aromatic heterocycles. The Balaban J connectivity index is 1.88. The van der Waals surface area contributed by atoms with Crippen LogP contribution in [-0.4, -0.2) is 13.2 Å². The summed E-state index contributed by atoms with van der Waals surface area (Å²) in [6.07, 6.45) is 0.712. The lowest BCUT2D eigenvalue weighted by Gasteiger charge is -2.20. The maximum Gasteiger partial charge on any atom is 0.161 e. The normalized spacial score (nSPS) is 14.2. The molecule has 1 atom stereocenters. The minimum absolute atomic E-state index is 0.184. The first-order valence-electron chi connectivity index (χ1n) is 7.52. The molecule has 112 valence electrons. The summed E-state index contributed by atoms with van der Waals surface area (Å²) < 4.78 is 11.2. The van der Waals surface area contributed by atoms with Crippen molar-refractivity contribution in [3.8, 4) is 17.6 Å². The summed E-state index contributed by atoms with van der Waals surface area (Å²) in [5.41, 5.74) is 4.65. The third-order valence-electron chi connectivity index (χ3n) is 4.05. The number of nitriles is 1. The van der Waals surface area contributed by atoms with Gasteiger partial charge in [-0.15, -0.1) is 0 Å². The predicted molar refractivity (Wildman–Crippen MR) is 85.4 cm³/mol. The molecule has 0 N–H and O–H groups in total. The van der Waals surface area contributed by atoms with E-state index in [-0.39, 0.29) is 5.92 Å². The predicted octanol–water partition coefficient (Wildman–Crippen LogP) is 3.92. The van der Waals surface area contributed by atoms with Crippen LogP contribution >= 0.6 is 0 Å². The molecule has 0 radical (unpaired) electrons. The van der Waals surface area contributed by atoms with Gasteiger partial charge in [0.2, 0.25) is 0 Å². The second-order valence-electron chi connectivity index (χ2n) is 5.72. The van der Waals surface area contributed by atoms with E-state index in [0.717, 1.165) is 17.1 Å². The fraction of sp³-hybridized carbons (Fsp3) is 0.316. The zero-order chi connectivity index (χ0) is 15.5. The van der Waals surface area contributed by atoms with Crippen LogP contribution in [0.2, 0.25) is 0 Å². The van der Waals surface area contributed by atoms with Crippen LogP contribution < -0.4 is 9.47 Å². The molecule has 2 aromatic rings. The summed E-state index contributed by atoms with van der Waals surface area (Å²) >= 11 is 0. The van der Waals surface area contributed by atoms with E-state index in [1.54, 1.807) is 0 Å². The topological polar surface area (TPSA) is 42.2 Å². The number of hydrogen-bond acceptors (Lipinski definition) is 3. The monoisotopic (exact) mass is 293 g/mol. The zero-order valence-corrected chi connectivity index (χ0v) is 12.9. The smallest absolute Gasteiger partial charge is 0.161 e. The van der Waals surface area contributed by atoms with E-state index in [9.17, 15) is 5.26 Å². The number of ether oxygens (including phenoxy) is 2. The summed E-state index contributed by atoms with van der Waals surface area (Å²) in [5, 5.41) is 9.58. The van der Waals surface area contributed by atoms with Gasteiger partial charge >= 0.3 is 0 Å². The third kappa shape index (κ3) is 2.92. The van der Waals surface area contributed by atoms with Crippen molar-refractivity contribution in [1.29, 1.82) is 5.26 Å². The van der Waals surface area contributed by atoms with Crippen LogP contribution in [0.15, 0.2) is 36.4 Å². The van der Waals surface area contributed by atoms with Gasteiger partial charge in [-0.3, -0.25) is 0 Å². The van der Waals surface area contributed by atoms with Gasteiger partial charge in [0, 0.05) is 0 Å². The first kappa shape index (κ1) is 14.5. The van der Waals surface area contributed by atoms with Crippen LogP contribution in [0, 0.1) is 25.2 Å². The van der Waals surface area contributed by atoms with Crippen LogP contribution in [0.1, 0.15) is 28.2 Å². The molecule has 1 unspecified atom stereocenters. The van der Waals surface area contributed by atoms with Gasteiger partial charge < -0.3 is 9.47 Å². The molecule has 2 aromatic carbocycles. The van der Waals surface area contributed by atoms with Crippen molar-refractivity contribution in [2.45, 2.75) is 26.2 Å². The van der Waals surface area contributed by atoms with Gasteiger partial charge in [0.1, 0.15) is 13.2 Å². The first-order chi connectivity index (χ1) is 10.7. The van der Waals surface area contributed by atoms with Crippen molar-refractivity contribution < 1.29 is 9.47 Å². The van der Waals surface area contributed by atoms with Gasteiger partial charge in [0.15, 0.2) is 11.5 Å². The molecule has 0 amide bonds.